The topological polar surface area (TPSA) is 146 Å². The first kappa shape index (κ1) is 38.0. The van der Waals surface area contributed by atoms with Crippen LogP contribution in [0.3, 0.4) is 0 Å². The summed E-state index contributed by atoms with van der Waals surface area (Å²) in [4.78, 5) is 51.0. The van der Waals surface area contributed by atoms with Crippen LogP contribution in [0.25, 0.3) is 16.5 Å². The van der Waals surface area contributed by atoms with E-state index in [1.54, 1.807) is 57.2 Å². The number of alkyl carbamates (subject to hydrolysis) is 1. The van der Waals surface area contributed by atoms with Crippen molar-refractivity contribution in [2.45, 2.75) is 58.0 Å². The van der Waals surface area contributed by atoms with Crippen LogP contribution in [0.5, 0.6) is 0 Å². The minimum atomic E-state index is -4.58. The molecule has 2 aromatic heterocycles. The standard InChI is InChI=1S/C39H41F3N6O6/c1-38(2,3)54-36(50)44-29-19-28(39(40,41)42)22-47(23-29)32-11-14-43-20-31(32)46-35(49)34-33(48(37(51)52)21-24-7-5-4-6-8-24)18-27-10-9-26(17-30(27)45-34)25-12-15-53-16-13-25/h4-12,14,17-18,20,28-29H,13,15-16,19,21-23H2,1-3H3,(H,44,50)(H,46,49)(H,51,52)/t28-,29+/m1/s1. The van der Waals surface area contributed by atoms with Gasteiger partial charge in [-0.25, -0.2) is 14.6 Å². The first-order chi connectivity index (χ1) is 25.6. The lowest BCUT2D eigenvalue weighted by molar-refractivity contribution is -0.177. The second kappa shape index (κ2) is 15.7. The monoisotopic (exact) mass is 746 g/mol. The Morgan fingerprint density at radius 1 is 1.06 bits per heavy atom. The summed E-state index contributed by atoms with van der Waals surface area (Å²) in [7, 11) is 0. The molecule has 0 radical (unpaired) electrons. The summed E-state index contributed by atoms with van der Waals surface area (Å²) in [5.74, 6) is -2.61. The van der Waals surface area contributed by atoms with Crippen molar-refractivity contribution in [1.29, 1.82) is 0 Å². The van der Waals surface area contributed by atoms with Crippen LogP contribution < -0.4 is 20.4 Å². The van der Waals surface area contributed by atoms with E-state index in [2.05, 4.69) is 15.6 Å². The van der Waals surface area contributed by atoms with Crippen molar-refractivity contribution in [3.05, 3.63) is 96.0 Å². The van der Waals surface area contributed by atoms with Gasteiger partial charge in [-0.2, -0.15) is 13.2 Å². The van der Waals surface area contributed by atoms with Gasteiger partial charge in [-0.1, -0.05) is 48.5 Å². The van der Waals surface area contributed by atoms with E-state index in [4.69, 9.17) is 14.5 Å². The van der Waals surface area contributed by atoms with Gasteiger partial charge in [0, 0.05) is 24.7 Å². The lowest BCUT2D eigenvalue weighted by atomic mass is 9.93. The predicted octanol–water partition coefficient (Wildman–Crippen LogP) is 7.65. The molecule has 1 saturated heterocycles. The molecule has 2 aliphatic heterocycles. The summed E-state index contributed by atoms with van der Waals surface area (Å²) in [6.07, 6.45) is -1.77. The lowest BCUT2D eigenvalue weighted by Crippen LogP contribution is -2.54. The number of nitrogens with zero attached hydrogens (tertiary/aromatic N) is 4. The summed E-state index contributed by atoms with van der Waals surface area (Å²) in [6.45, 7) is 5.42. The molecular formula is C39H41F3N6O6. The van der Waals surface area contributed by atoms with Crippen molar-refractivity contribution < 1.29 is 42.1 Å². The van der Waals surface area contributed by atoms with Gasteiger partial charge in [0.15, 0.2) is 5.69 Å². The third-order valence-electron chi connectivity index (χ3n) is 9.07. The molecule has 0 aliphatic carbocycles. The van der Waals surface area contributed by atoms with Crippen LogP contribution in [0.2, 0.25) is 0 Å². The third kappa shape index (κ3) is 9.26. The largest absolute Gasteiger partial charge is 0.465 e. The Labute approximate surface area is 310 Å². The number of pyridine rings is 2. The molecule has 3 amide bonds. The normalized spacial score (nSPS) is 17.7. The number of hydrogen-bond acceptors (Lipinski definition) is 8. The van der Waals surface area contributed by atoms with E-state index in [1.807, 2.05) is 24.3 Å². The number of carboxylic acid groups (broad SMARTS) is 1. The van der Waals surface area contributed by atoms with Crippen molar-refractivity contribution in [3.63, 3.8) is 0 Å². The number of rotatable bonds is 8. The molecule has 0 saturated carbocycles. The predicted molar refractivity (Wildman–Crippen MR) is 198 cm³/mol. The molecule has 0 spiro atoms. The van der Waals surface area contributed by atoms with E-state index in [9.17, 15) is 32.7 Å². The number of anilines is 3. The molecule has 0 bridgehead atoms. The van der Waals surface area contributed by atoms with Gasteiger partial charge in [0.2, 0.25) is 0 Å². The van der Waals surface area contributed by atoms with Crippen molar-refractivity contribution in [2.75, 3.05) is 41.4 Å². The molecule has 2 aromatic carbocycles. The SMILES string of the molecule is CC(C)(C)OC(=O)N[C@H]1C[C@@H](C(F)(F)F)CN(c2ccncc2NC(=O)c2nc3cc(C4=CCOCC4)ccc3cc2N(Cc2ccccc2)C(=O)O)C1. The Morgan fingerprint density at radius 2 is 1.83 bits per heavy atom. The highest BCUT2D eigenvalue weighted by molar-refractivity contribution is 6.11. The van der Waals surface area contributed by atoms with Gasteiger partial charge in [-0.3, -0.25) is 14.7 Å². The first-order valence-electron chi connectivity index (χ1n) is 17.5. The average Bonchev–Trinajstić information content (AvgIpc) is 3.12. The number of ether oxygens (including phenoxy) is 2. The van der Waals surface area contributed by atoms with Crippen molar-refractivity contribution in [2.24, 2.45) is 5.92 Å². The number of amides is 3. The molecule has 0 unspecified atom stereocenters. The Bertz CT molecular complexity index is 2050. The molecule has 4 heterocycles. The van der Waals surface area contributed by atoms with E-state index in [1.165, 1.54) is 23.4 Å². The molecule has 12 nitrogen and oxygen atoms in total. The van der Waals surface area contributed by atoms with Gasteiger partial charge in [-0.15, -0.1) is 0 Å². The van der Waals surface area contributed by atoms with Crippen molar-refractivity contribution >= 4 is 51.6 Å². The van der Waals surface area contributed by atoms with Gasteiger partial charge >= 0.3 is 18.4 Å². The zero-order valence-electron chi connectivity index (χ0n) is 30.0. The maximum Gasteiger partial charge on any atom is 0.412 e. The number of nitrogens with one attached hydrogen (secondary N) is 2. The molecule has 2 atom stereocenters. The number of hydrogen-bond donors (Lipinski definition) is 3. The molecule has 4 aromatic rings. The second-order valence-corrected chi connectivity index (χ2v) is 14.2. The number of carbonyl (C=O) groups is 3. The van der Waals surface area contributed by atoms with Crippen LogP contribution in [-0.2, 0) is 16.0 Å². The van der Waals surface area contributed by atoms with Crippen LogP contribution in [0.4, 0.5) is 39.8 Å². The van der Waals surface area contributed by atoms with E-state index in [0.717, 1.165) is 16.0 Å². The van der Waals surface area contributed by atoms with Gasteiger partial charge in [0.25, 0.3) is 5.91 Å². The highest BCUT2D eigenvalue weighted by Gasteiger charge is 2.45. The van der Waals surface area contributed by atoms with Crippen LogP contribution >= 0.6 is 0 Å². The van der Waals surface area contributed by atoms with E-state index in [0.29, 0.717) is 36.1 Å². The Kier molecular flexibility index (Phi) is 11.1. The van der Waals surface area contributed by atoms with Crippen molar-refractivity contribution in [3.8, 4) is 0 Å². The molecule has 6 rings (SSSR count). The van der Waals surface area contributed by atoms with E-state index in [-0.39, 0.29) is 42.3 Å². The van der Waals surface area contributed by atoms with E-state index >= 15 is 0 Å². The fraction of sp³-hybridized carbons (Fsp3) is 0.359. The molecule has 2 aliphatic rings. The van der Waals surface area contributed by atoms with Gasteiger partial charge < -0.3 is 30.1 Å². The summed E-state index contributed by atoms with van der Waals surface area (Å²) >= 11 is 0. The molecular weight excluding hydrogens is 705 g/mol. The van der Waals surface area contributed by atoms with Crippen LogP contribution in [-0.4, -0.2) is 77.3 Å². The Morgan fingerprint density at radius 3 is 2.52 bits per heavy atom. The number of benzene rings is 2. The smallest absolute Gasteiger partial charge is 0.412 e. The van der Waals surface area contributed by atoms with Crippen LogP contribution in [0.15, 0.2) is 79.1 Å². The Balaban J connectivity index is 1.37. The summed E-state index contributed by atoms with van der Waals surface area (Å²) in [6, 6.07) is 16.5. The number of alkyl halides is 3. The highest BCUT2D eigenvalue weighted by atomic mass is 19.4. The highest BCUT2D eigenvalue weighted by Crippen LogP contribution is 2.38. The van der Waals surface area contributed by atoms with Crippen LogP contribution in [0.1, 0.15) is 55.2 Å². The molecule has 1 fully saturated rings. The molecule has 284 valence electrons. The minimum Gasteiger partial charge on any atom is -0.465 e. The number of piperidine rings is 1. The maximum absolute atomic E-state index is 14.3. The van der Waals surface area contributed by atoms with Crippen molar-refractivity contribution in [1.82, 2.24) is 15.3 Å². The van der Waals surface area contributed by atoms with Gasteiger partial charge in [0.05, 0.1) is 60.5 Å². The first-order valence-corrected chi connectivity index (χ1v) is 17.5. The quantitative estimate of drug-likeness (QED) is 0.166. The maximum atomic E-state index is 14.3. The average molecular weight is 747 g/mol. The second-order valence-electron chi connectivity index (χ2n) is 14.2. The summed E-state index contributed by atoms with van der Waals surface area (Å²) < 4.78 is 53.5. The fourth-order valence-electron chi connectivity index (χ4n) is 6.59. The van der Waals surface area contributed by atoms with Gasteiger partial charge in [-0.05, 0) is 68.5 Å². The van der Waals surface area contributed by atoms with E-state index < -0.39 is 48.4 Å². The zero-order chi connectivity index (χ0) is 38.6. The summed E-state index contributed by atoms with van der Waals surface area (Å²) in [5, 5.41) is 16.3. The number of fused-ring (bicyclic) bond motifs is 1. The van der Waals surface area contributed by atoms with Gasteiger partial charge in [0.1, 0.15) is 5.60 Å². The number of carbonyl (C=O) groups excluding carboxylic acids is 2. The molecule has 54 heavy (non-hydrogen) atoms. The Hall–Kier alpha value is -5.70. The third-order valence-corrected chi connectivity index (χ3v) is 9.07. The molecule has 3 N–H and O–H groups in total. The zero-order valence-corrected chi connectivity index (χ0v) is 30.0. The summed E-state index contributed by atoms with van der Waals surface area (Å²) in [5.41, 5.74) is 2.26. The number of aromatic nitrogens is 2. The minimum absolute atomic E-state index is 0.0107. The number of halogens is 3. The van der Waals surface area contributed by atoms with Crippen LogP contribution in [0, 0.1) is 5.92 Å². The molecule has 15 heteroatoms. The lowest BCUT2D eigenvalue weighted by Gasteiger charge is -2.40. The fourth-order valence-corrected chi connectivity index (χ4v) is 6.59.